The number of nitrogens with zero attached hydrogens (tertiary/aromatic N) is 2. The van der Waals surface area contributed by atoms with Gasteiger partial charge in [-0.05, 0) is 50.8 Å². The van der Waals surface area contributed by atoms with Crippen molar-refractivity contribution in [2.45, 2.75) is 39.2 Å². The minimum absolute atomic E-state index is 0. The fourth-order valence-corrected chi connectivity index (χ4v) is 3.05. The number of hydrogen-bond acceptors (Lipinski definition) is 5. The average molecular weight is 548 g/mol. The van der Waals surface area contributed by atoms with Gasteiger partial charge >= 0.3 is 0 Å². The molecule has 1 aromatic carbocycles. The quantitative estimate of drug-likeness (QED) is 0.251. The van der Waals surface area contributed by atoms with Gasteiger partial charge < -0.3 is 29.7 Å². The van der Waals surface area contributed by atoms with E-state index in [0.29, 0.717) is 32.3 Å². The normalized spacial score (nSPS) is 15.7. The molecule has 1 unspecified atom stereocenters. The second-order valence-corrected chi connectivity index (χ2v) is 7.29. The first-order valence-corrected chi connectivity index (χ1v) is 10.8. The lowest BCUT2D eigenvalue weighted by Crippen LogP contribution is -2.42. The summed E-state index contributed by atoms with van der Waals surface area (Å²) < 4.78 is 17.0. The Balaban J connectivity index is 0.00000480. The second-order valence-electron chi connectivity index (χ2n) is 7.29. The van der Waals surface area contributed by atoms with Gasteiger partial charge in [0.2, 0.25) is 5.91 Å². The van der Waals surface area contributed by atoms with Crippen LogP contribution in [-0.4, -0.2) is 76.4 Å². The number of ether oxygens (including phenoxy) is 3. The van der Waals surface area contributed by atoms with Crippen LogP contribution in [0.25, 0.3) is 0 Å². The first kappa shape index (κ1) is 27.3. The lowest BCUT2D eigenvalue weighted by Gasteiger charge is -2.17. The van der Waals surface area contributed by atoms with Crippen LogP contribution in [0.3, 0.4) is 0 Å². The number of benzene rings is 1. The largest absolute Gasteiger partial charge is 0.490 e. The molecule has 1 saturated heterocycles. The number of nitrogens with one attached hydrogen (secondary N) is 2. The minimum Gasteiger partial charge on any atom is -0.490 e. The second kappa shape index (κ2) is 15.1. The fraction of sp³-hybridized carbons (Fsp3) is 0.636. The van der Waals surface area contributed by atoms with Gasteiger partial charge in [-0.25, -0.2) is 4.99 Å². The summed E-state index contributed by atoms with van der Waals surface area (Å²) in [6.07, 6.45) is 3.12. The van der Waals surface area contributed by atoms with E-state index in [9.17, 15) is 4.79 Å². The van der Waals surface area contributed by atoms with Gasteiger partial charge in [0.05, 0.1) is 19.3 Å². The third-order valence-electron chi connectivity index (χ3n) is 4.71. The highest BCUT2D eigenvalue weighted by molar-refractivity contribution is 14.0. The van der Waals surface area contributed by atoms with Crippen molar-refractivity contribution in [1.82, 2.24) is 15.5 Å². The van der Waals surface area contributed by atoms with Gasteiger partial charge in [-0.15, -0.1) is 24.0 Å². The van der Waals surface area contributed by atoms with E-state index in [2.05, 4.69) is 15.6 Å². The minimum atomic E-state index is -0.0407. The predicted molar refractivity (Wildman–Crippen MR) is 134 cm³/mol. The van der Waals surface area contributed by atoms with Crippen molar-refractivity contribution < 1.29 is 19.0 Å². The van der Waals surface area contributed by atoms with Gasteiger partial charge in [-0.1, -0.05) is 6.07 Å². The maximum atomic E-state index is 11.9. The number of guanidine groups is 1. The maximum absolute atomic E-state index is 11.9. The Bertz CT molecular complexity index is 694. The zero-order valence-electron chi connectivity index (χ0n) is 19.1. The number of carbonyl (C=O) groups excluding carboxylic acids is 1. The Kier molecular flexibility index (Phi) is 13.3. The topological polar surface area (TPSA) is 84.4 Å². The molecule has 0 saturated carbocycles. The summed E-state index contributed by atoms with van der Waals surface area (Å²) in [6, 6.07) is 6.01. The number of likely N-dealkylation sites (N-methyl/N-ethyl adjacent to an activating group) is 1. The van der Waals surface area contributed by atoms with Gasteiger partial charge in [0.1, 0.15) is 6.54 Å². The molecule has 1 amide bonds. The molecule has 0 aliphatic carbocycles. The Morgan fingerprint density at radius 3 is 2.58 bits per heavy atom. The smallest absolute Gasteiger partial charge is 0.243 e. The van der Waals surface area contributed by atoms with Crippen LogP contribution in [0.1, 0.15) is 32.3 Å². The maximum Gasteiger partial charge on any atom is 0.243 e. The molecule has 2 N–H and O–H groups in total. The van der Waals surface area contributed by atoms with Crippen molar-refractivity contribution in [1.29, 1.82) is 0 Å². The highest BCUT2D eigenvalue weighted by Gasteiger charge is 2.16. The molecular formula is C22H37IN4O4. The molecule has 8 nitrogen and oxygen atoms in total. The third-order valence-corrected chi connectivity index (χ3v) is 4.71. The van der Waals surface area contributed by atoms with Crippen LogP contribution in [0, 0.1) is 0 Å². The first-order chi connectivity index (χ1) is 14.5. The van der Waals surface area contributed by atoms with Gasteiger partial charge in [0.25, 0.3) is 0 Å². The number of carbonyl (C=O) groups is 1. The fourth-order valence-electron chi connectivity index (χ4n) is 3.05. The molecule has 0 spiro atoms. The van der Waals surface area contributed by atoms with E-state index in [0.717, 1.165) is 42.9 Å². The lowest BCUT2D eigenvalue weighted by atomic mass is 10.1. The third kappa shape index (κ3) is 9.94. The highest BCUT2D eigenvalue weighted by Crippen LogP contribution is 2.28. The van der Waals surface area contributed by atoms with Gasteiger partial charge in [-0.2, -0.15) is 0 Å². The zero-order valence-corrected chi connectivity index (χ0v) is 21.4. The van der Waals surface area contributed by atoms with Crippen LogP contribution < -0.4 is 20.1 Å². The number of halogens is 1. The SMILES string of the molecule is CCOc1ccc(CCNC(=NCC(=O)N(C)C)NCC2CCCO2)cc1OCC.I. The van der Waals surface area contributed by atoms with E-state index in [1.54, 1.807) is 14.1 Å². The zero-order chi connectivity index (χ0) is 21.8. The summed E-state index contributed by atoms with van der Waals surface area (Å²) in [5.41, 5.74) is 1.14. The Hall–Kier alpha value is -1.75. The average Bonchev–Trinajstić information content (AvgIpc) is 3.25. The van der Waals surface area contributed by atoms with Crippen LogP contribution in [0.15, 0.2) is 23.2 Å². The van der Waals surface area contributed by atoms with E-state index in [1.165, 1.54) is 4.90 Å². The summed E-state index contributed by atoms with van der Waals surface area (Å²) in [4.78, 5) is 17.9. The molecule has 1 heterocycles. The molecule has 1 aromatic rings. The molecule has 1 fully saturated rings. The molecule has 2 rings (SSSR count). The Labute approximate surface area is 203 Å². The van der Waals surface area contributed by atoms with Crippen molar-refractivity contribution in [3.63, 3.8) is 0 Å². The molecule has 0 aromatic heterocycles. The lowest BCUT2D eigenvalue weighted by molar-refractivity contribution is -0.127. The van der Waals surface area contributed by atoms with Crippen LogP contribution in [-0.2, 0) is 16.0 Å². The van der Waals surface area contributed by atoms with E-state index in [4.69, 9.17) is 14.2 Å². The Morgan fingerprint density at radius 2 is 1.94 bits per heavy atom. The van der Waals surface area contributed by atoms with E-state index in [-0.39, 0.29) is 42.5 Å². The van der Waals surface area contributed by atoms with E-state index < -0.39 is 0 Å². The molecule has 31 heavy (non-hydrogen) atoms. The van der Waals surface area contributed by atoms with Crippen molar-refractivity contribution in [3.05, 3.63) is 23.8 Å². The van der Waals surface area contributed by atoms with Crippen molar-refractivity contribution in [3.8, 4) is 11.5 Å². The van der Waals surface area contributed by atoms with E-state index >= 15 is 0 Å². The van der Waals surface area contributed by atoms with Gasteiger partial charge in [0.15, 0.2) is 17.5 Å². The van der Waals surface area contributed by atoms with Gasteiger partial charge in [-0.3, -0.25) is 4.79 Å². The summed E-state index contributed by atoms with van der Waals surface area (Å²) in [7, 11) is 3.46. The van der Waals surface area contributed by atoms with Crippen molar-refractivity contribution in [2.24, 2.45) is 4.99 Å². The van der Waals surface area contributed by atoms with Crippen LogP contribution in [0.2, 0.25) is 0 Å². The molecule has 1 aliphatic heterocycles. The number of aliphatic imine (C=N–C) groups is 1. The predicted octanol–water partition coefficient (Wildman–Crippen LogP) is 2.45. The van der Waals surface area contributed by atoms with Crippen molar-refractivity contribution in [2.75, 3.05) is 53.6 Å². The summed E-state index contributed by atoms with van der Waals surface area (Å²) in [5, 5.41) is 6.62. The molecule has 0 radical (unpaired) electrons. The van der Waals surface area contributed by atoms with Crippen LogP contribution >= 0.6 is 24.0 Å². The molecule has 1 atom stereocenters. The molecule has 9 heteroatoms. The first-order valence-electron chi connectivity index (χ1n) is 10.8. The number of hydrogen-bond donors (Lipinski definition) is 2. The molecule has 1 aliphatic rings. The highest BCUT2D eigenvalue weighted by atomic mass is 127. The monoisotopic (exact) mass is 548 g/mol. The van der Waals surface area contributed by atoms with Crippen LogP contribution in [0.5, 0.6) is 11.5 Å². The van der Waals surface area contributed by atoms with E-state index in [1.807, 2.05) is 32.0 Å². The number of rotatable bonds is 11. The molecular weight excluding hydrogens is 511 g/mol. The molecule has 176 valence electrons. The van der Waals surface area contributed by atoms with Crippen LogP contribution in [0.4, 0.5) is 0 Å². The summed E-state index contributed by atoms with van der Waals surface area (Å²) in [6.45, 7) is 7.37. The van der Waals surface area contributed by atoms with Gasteiger partial charge in [0, 0.05) is 33.8 Å². The number of amides is 1. The summed E-state index contributed by atoms with van der Waals surface area (Å²) >= 11 is 0. The standard InChI is InChI=1S/C22H36N4O4.HI/c1-5-28-19-10-9-17(14-20(19)29-6-2)11-12-23-22(25-16-21(27)26(3)4)24-15-18-8-7-13-30-18;/h9-10,14,18H,5-8,11-13,15-16H2,1-4H3,(H2,23,24,25);1H. The van der Waals surface area contributed by atoms with Crippen molar-refractivity contribution >= 4 is 35.8 Å². The summed E-state index contributed by atoms with van der Waals surface area (Å²) in [5.74, 6) is 2.11. The Morgan fingerprint density at radius 1 is 1.19 bits per heavy atom. The molecule has 0 bridgehead atoms.